The molecule has 0 aliphatic carbocycles. The quantitative estimate of drug-likeness (QED) is 0.890. The summed E-state index contributed by atoms with van der Waals surface area (Å²) in [4.78, 5) is 11.9. The van der Waals surface area contributed by atoms with E-state index in [-0.39, 0.29) is 5.91 Å². The molecule has 1 saturated heterocycles. The normalized spacial score (nSPS) is 16.3. The second kappa shape index (κ2) is 6.96. The van der Waals surface area contributed by atoms with Crippen LogP contribution < -0.4 is 10.6 Å². The number of amides is 1. The van der Waals surface area contributed by atoms with Gasteiger partial charge in [0.1, 0.15) is 0 Å². The molecule has 2 rings (SSSR count). The summed E-state index contributed by atoms with van der Waals surface area (Å²) >= 11 is 1.78. The van der Waals surface area contributed by atoms with E-state index in [1.165, 1.54) is 18.4 Å². The summed E-state index contributed by atoms with van der Waals surface area (Å²) in [7, 11) is 0. The van der Waals surface area contributed by atoms with Crippen LogP contribution in [-0.2, 0) is 4.79 Å². The highest BCUT2D eigenvalue weighted by atomic mass is 32.2. The molecule has 104 valence electrons. The van der Waals surface area contributed by atoms with Gasteiger partial charge < -0.3 is 10.6 Å². The highest BCUT2D eigenvalue weighted by Crippen LogP contribution is 2.21. The first-order valence-electron chi connectivity index (χ1n) is 6.84. The molecule has 1 aliphatic rings. The van der Waals surface area contributed by atoms with Crippen LogP contribution in [0.15, 0.2) is 18.2 Å². The van der Waals surface area contributed by atoms with Gasteiger partial charge in [-0.2, -0.15) is 0 Å². The van der Waals surface area contributed by atoms with E-state index in [4.69, 9.17) is 0 Å². The minimum atomic E-state index is 0.107. The Labute approximate surface area is 119 Å². The van der Waals surface area contributed by atoms with Gasteiger partial charge in [0.15, 0.2) is 0 Å². The molecule has 0 atom stereocenters. The first kappa shape index (κ1) is 14.4. The Morgan fingerprint density at radius 1 is 1.37 bits per heavy atom. The molecule has 0 saturated carbocycles. The maximum Gasteiger partial charge on any atom is 0.234 e. The van der Waals surface area contributed by atoms with Crippen molar-refractivity contribution in [2.24, 2.45) is 0 Å². The summed E-state index contributed by atoms with van der Waals surface area (Å²) in [5.41, 5.74) is 3.28. The van der Waals surface area contributed by atoms with Crippen molar-refractivity contribution < 1.29 is 4.79 Å². The van der Waals surface area contributed by atoms with Gasteiger partial charge in [0.25, 0.3) is 0 Å². The second-order valence-corrected chi connectivity index (χ2v) is 6.42. The van der Waals surface area contributed by atoms with Crippen LogP contribution in [0.3, 0.4) is 0 Å². The maximum absolute atomic E-state index is 11.9. The third-order valence-electron chi connectivity index (χ3n) is 3.39. The zero-order valence-electron chi connectivity index (χ0n) is 11.7. The fraction of sp³-hybridized carbons (Fsp3) is 0.533. The van der Waals surface area contributed by atoms with Crippen molar-refractivity contribution in [3.8, 4) is 0 Å². The molecule has 0 aromatic heterocycles. The maximum atomic E-state index is 11.9. The minimum absolute atomic E-state index is 0.107. The number of aryl methyl sites for hydroxylation is 2. The van der Waals surface area contributed by atoms with Gasteiger partial charge in [-0.1, -0.05) is 17.7 Å². The van der Waals surface area contributed by atoms with Crippen molar-refractivity contribution in [3.05, 3.63) is 29.3 Å². The summed E-state index contributed by atoms with van der Waals surface area (Å²) in [6, 6.07) is 6.11. The first-order chi connectivity index (χ1) is 9.15. The van der Waals surface area contributed by atoms with Crippen molar-refractivity contribution in [2.45, 2.75) is 31.9 Å². The lowest BCUT2D eigenvalue weighted by atomic mass is 10.1. The number of nitrogens with one attached hydrogen (secondary N) is 2. The lowest BCUT2D eigenvalue weighted by molar-refractivity contribution is -0.113. The fourth-order valence-electron chi connectivity index (χ4n) is 2.30. The van der Waals surface area contributed by atoms with E-state index in [1.807, 2.05) is 19.1 Å². The molecule has 19 heavy (non-hydrogen) atoms. The van der Waals surface area contributed by atoms with E-state index in [0.29, 0.717) is 11.0 Å². The Balaban J connectivity index is 1.80. The van der Waals surface area contributed by atoms with Gasteiger partial charge in [0, 0.05) is 10.9 Å². The monoisotopic (exact) mass is 278 g/mol. The molecule has 0 spiro atoms. The number of thioether (sulfide) groups is 1. The van der Waals surface area contributed by atoms with Crippen LogP contribution in [0.2, 0.25) is 0 Å². The molecule has 0 radical (unpaired) electrons. The lowest BCUT2D eigenvalue weighted by Crippen LogP contribution is -2.30. The largest absolute Gasteiger partial charge is 0.325 e. The molecule has 1 aliphatic heterocycles. The molecular formula is C15H22N2OS. The van der Waals surface area contributed by atoms with Gasteiger partial charge >= 0.3 is 0 Å². The number of hydrogen-bond donors (Lipinski definition) is 2. The van der Waals surface area contributed by atoms with Crippen LogP contribution in [-0.4, -0.2) is 30.0 Å². The molecule has 0 unspecified atom stereocenters. The number of benzene rings is 1. The van der Waals surface area contributed by atoms with E-state index in [2.05, 4.69) is 23.6 Å². The zero-order valence-corrected chi connectivity index (χ0v) is 12.5. The Bertz CT molecular complexity index is 442. The predicted molar refractivity (Wildman–Crippen MR) is 82.9 cm³/mol. The smallest absolute Gasteiger partial charge is 0.234 e. The van der Waals surface area contributed by atoms with Gasteiger partial charge in [0.2, 0.25) is 5.91 Å². The highest BCUT2D eigenvalue weighted by Gasteiger charge is 2.15. The van der Waals surface area contributed by atoms with Crippen molar-refractivity contribution in [1.29, 1.82) is 0 Å². The van der Waals surface area contributed by atoms with Crippen molar-refractivity contribution in [2.75, 3.05) is 24.2 Å². The summed E-state index contributed by atoms with van der Waals surface area (Å²) < 4.78 is 0. The third-order valence-corrected chi connectivity index (χ3v) is 4.76. The molecule has 2 N–H and O–H groups in total. The molecule has 3 nitrogen and oxygen atoms in total. The number of piperidine rings is 1. The van der Waals surface area contributed by atoms with Crippen molar-refractivity contribution in [3.63, 3.8) is 0 Å². The number of rotatable bonds is 4. The molecule has 4 heteroatoms. The molecular weight excluding hydrogens is 256 g/mol. The van der Waals surface area contributed by atoms with E-state index in [1.54, 1.807) is 11.8 Å². The molecule has 1 fully saturated rings. The van der Waals surface area contributed by atoms with Gasteiger partial charge in [-0.3, -0.25) is 4.79 Å². The third kappa shape index (κ3) is 4.55. The Morgan fingerprint density at radius 3 is 2.79 bits per heavy atom. The van der Waals surface area contributed by atoms with Crippen LogP contribution in [0.4, 0.5) is 5.69 Å². The zero-order chi connectivity index (χ0) is 13.7. The van der Waals surface area contributed by atoms with E-state index >= 15 is 0 Å². The van der Waals surface area contributed by atoms with Crippen molar-refractivity contribution in [1.82, 2.24) is 5.32 Å². The minimum Gasteiger partial charge on any atom is -0.325 e. The molecule has 1 amide bonds. The summed E-state index contributed by atoms with van der Waals surface area (Å²) in [5.74, 6) is 0.660. The van der Waals surface area contributed by atoms with Gasteiger partial charge in [-0.05, 0) is 51.4 Å². The Hall–Kier alpha value is -1.00. The molecule has 1 aromatic rings. The van der Waals surface area contributed by atoms with Gasteiger partial charge in [-0.15, -0.1) is 11.8 Å². The van der Waals surface area contributed by atoms with Crippen LogP contribution in [0.5, 0.6) is 0 Å². The number of anilines is 1. The average molecular weight is 278 g/mol. The SMILES string of the molecule is Cc1ccc(NC(=O)CSC2CCNCC2)c(C)c1. The van der Waals surface area contributed by atoms with Crippen molar-refractivity contribution >= 4 is 23.4 Å². The number of carbonyl (C=O) groups excluding carboxylic acids is 1. The van der Waals surface area contributed by atoms with Crippen LogP contribution in [0.1, 0.15) is 24.0 Å². The predicted octanol–water partition coefficient (Wildman–Crippen LogP) is 2.73. The van der Waals surface area contributed by atoms with E-state index in [9.17, 15) is 4.79 Å². The summed E-state index contributed by atoms with van der Waals surface area (Å²) in [5, 5.41) is 6.97. The van der Waals surface area contributed by atoms with E-state index < -0.39 is 0 Å². The lowest BCUT2D eigenvalue weighted by Gasteiger charge is -2.21. The Morgan fingerprint density at radius 2 is 2.11 bits per heavy atom. The second-order valence-electron chi connectivity index (χ2n) is 5.13. The number of carbonyl (C=O) groups is 1. The Kier molecular flexibility index (Phi) is 5.28. The number of hydrogen-bond acceptors (Lipinski definition) is 3. The van der Waals surface area contributed by atoms with E-state index in [0.717, 1.165) is 24.3 Å². The first-order valence-corrected chi connectivity index (χ1v) is 7.89. The fourth-order valence-corrected chi connectivity index (χ4v) is 3.32. The molecule has 0 bridgehead atoms. The van der Waals surface area contributed by atoms with Crippen LogP contribution in [0.25, 0.3) is 0 Å². The molecule has 1 aromatic carbocycles. The van der Waals surface area contributed by atoms with Crippen LogP contribution in [0, 0.1) is 13.8 Å². The summed E-state index contributed by atoms with van der Waals surface area (Å²) in [6.45, 7) is 6.25. The summed E-state index contributed by atoms with van der Waals surface area (Å²) in [6.07, 6.45) is 2.34. The van der Waals surface area contributed by atoms with Gasteiger partial charge in [0.05, 0.1) is 5.75 Å². The van der Waals surface area contributed by atoms with Crippen LogP contribution >= 0.6 is 11.8 Å². The average Bonchev–Trinajstić information content (AvgIpc) is 2.41. The topological polar surface area (TPSA) is 41.1 Å². The highest BCUT2D eigenvalue weighted by molar-refractivity contribution is 8.00. The standard InChI is InChI=1S/C15H22N2OS/c1-11-3-4-14(12(2)9-11)17-15(18)10-19-13-5-7-16-8-6-13/h3-4,9,13,16H,5-8,10H2,1-2H3,(H,17,18). The van der Waals surface area contributed by atoms with Gasteiger partial charge in [-0.25, -0.2) is 0 Å². The molecule has 1 heterocycles.